The van der Waals surface area contributed by atoms with E-state index in [1.54, 1.807) is 11.8 Å². The van der Waals surface area contributed by atoms with Gasteiger partial charge in [0.05, 0.1) is 12.3 Å². The van der Waals surface area contributed by atoms with Gasteiger partial charge in [-0.15, -0.1) is 0 Å². The number of aromatic amines is 1. The monoisotopic (exact) mass is 274 g/mol. The summed E-state index contributed by atoms with van der Waals surface area (Å²) in [5.74, 6) is 2.99. The van der Waals surface area contributed by atoms with Crippen molar-refractivity contribution in [2.24, 2.45) is 0 Å². The molecule has 19 heavy (non-hydrogen) atoms. The van der Waals surface area contributed by atoms with Crippen LogP contribution < -0.4 is 10.3 Å². The summed E-state index contributed by atoms with van der Waals surface area (Å²) in [5, 5.41) is 0. The molecule has 0 bridgehead atoms. The number of nitrogens with one attached hydrogen (secondary N) is 1. The van der Waals surface area contributed by atoms with Gasteiger partial charge in [0.15, 0.2) is 0 Å². The molecule has 1 aromatic carbocycles. The van der Waals surface area contributed by atoms with Crippen molar-refractivity contribution >= 4 is 11.8 Å². The molecular formula is C14H14N2O2S. The lowest BCUT2D eigenvalue weighted by atomic mass is 10.2. The first-order chi connectivity index (χ1) is 9.28. The lowest BCUT2D eigenvalue weighted by Gasteiger charge is -2.06. The zero-order valence-corrected chi connectivity index (χ0v) is 11.4. The highest BCUT2D eigenvalue weighted by atomic mass is 32.2. The predicted octanol–water partition coefficient (Wildman–Crippen LogP) is 2.58. The van der Waals surface area contributed by atoms with E-state index in [-0.39, 0.29) is 5.56 Å². The summed E-state index contributed by atoms with van der Waals surface area (Å²) in [6.07, 6.45) is 0. The first kappa shape index (κ1) is 12.3. The van der Waals surface area contributed by atoms with Crippen molar-refractivity contribution in [3.63, 3.8) is 0 Å². The average molecular weight is 274 g/mol. The van der Waals surface area contributed by atoms with Crippen molar-refractivity contribution in [3.05, 3.63) is 45.9 Å². The molecule has 0 saturated carbocycles. The molecule has 5 heteroatoms. The molecule has 0 aliphatic carbocycles. The second kappa shape index (κ2) is 5.09. The lowest BCUT2D eigenvalue weighted by molar-refractivity contribution is 0.340. The van der Waals surface area contributed by atoms with Gasteiger partial charge in [-0.1, -0.05) is 12.1 Å². The van der Waals surface area contributed by atoms with Gasteiger partial charge in [0, 0.05) is 22.6 Å². The topological polar surface area (TPSA) is 55.0 Å². The van der Waals surface area contributed by atoms with Gasteiger partial charge in [0.2, 0.25) is 0 Å². The maximum absolute atomic E-state index is 12.0. The van der Waals surface area contributed by atoms with E-state index in [1.807, 2.05) is 31.2 Å². The summed E-state index contributed by atoms with van der Waals surface area (Å²) in [5.41, 5.74) is 2.58. The third-order valence-electron chi connectivity index (χ3n) is 3.00. The van der Waals surface area contributed by atoms with Gasteiger partial charge in [-0.05, 0) is 19.1 Å². The van der Waals surface area contributed by atoms with Crippen LogP contribution in [0, 0.1) is 0 Å². The van der Waals surface area contributed by atoms with Crippen molar-refractivity contribution in [1.29, 1.82) is 0 Å². The second-order valence-electron chi connectivity index (χ2n) is 4.29. The summed E-state index contributed by atoms with van der Waals surface area (Å²) in [6, 6.07) is 7.63. The molecule has 2 heterocycles. The van der Waals surface area contributed by atoms with E-state index >= 15 is 0 Å². The quantitative estimate of drug-likeness (QED) is 0.934. The zero-order chi connectivity index (χ0) is 13.2. The maximum atomic E-state index is 12.0. The van der Waals surface area contributed by atoms with Crippen molar-refractivity contribution in [3.8, 4) is 17.1 Å². The summed E-state index contributed by atoms with van der Waals surface area (Å²) < 4.78 is 5.47. The lowest BCUT2D eigenvalue weighted by Crippen LogP contribution is -2.15. The van der Waals surface area contributed by atoms with Gasteiger partial charge in [-0.2, -0.15) is 11.8 Å². The van der Waals surface area contributed by atoms with Crippen LogP contribution in [0.15, 0.2) is 29.1 Å². The van der Waals surface area contributed by atoms with Crippen LogP contribution in [-0.2, 0) is 11.5 Å². The van der Waals surface area contributed by atoms with Gasteiger partial charge >= 0.3 is 0 Å². The average Bonchev–Trinajstić information content (AvgIpc) is 2.88. The van der Waals surface area contributed by atoms with Gasteiger partial charge in [-0.3, -0.25) is 4.79 Å². The molecule has 0 amide bonds. The highest BCUT2D eigenvalue weighted by Crippen LogP contribution is 2.27. The Morgan fingerprint density at radius 2 is 2.32 bits per heavy atom. The minimum absolute atomic E-state index is 0.0215. The van der Waals surface area contributed by atoms with E-state index in [0.717, 1.165) is 34.1 Å². The Hall–Kier alpha value is -1.75. The fourth-order valence-corrected chi connectivity index (χ4v) is 3.14. The number of hydrogen-bond donors (Lipinski definition) is 1. The summed E-state index contributed by atoms with van der Waals surface area (Å²) in [4.78, 5) is 19.4. The summed E-state index contributed by atoms with van der Waals surface area (Å²) in [6.45, 7) is 2.56. The molecule has 0 saturated heterocycles. The van der Waals surface area contributed by atoms with Crippen molar-refractivity contribution < 1.29 is 4.74 Å². The molecule has 3 rings (SSSR count). The number of aromatic nitrogens is 2. The minimum atomic E-state index is -0.0215. The molecule has 0 radical (unpaired) electrons. The van der Waals surface area contributed by atoms with Crippen LogP contribution in [0.5, 0.6) is 5.75 Å². The molecule has 1 aliphatic heterocycles. The van der Waals surface area contributed by atoms with Crippen LogP contribution in [0.3, 0.4) is 0 Å². The number of rotatable bonds is 3. The molecular weight excluding hydrogens is 260 g/mol. The van der Waals surface area contributed by atoms with Crippen LogP contribution in [0.4, 0.5) is 0 Å². The Balaban J connectivity index is 2.05. The Labute approximate surface area is 115 Å². The van der Waals surface area contributed by atoms with Crippen LogP contribution in [0.25, 0.3) is 11.4 Å². The largest absolute Gasteiger partial charge is 0.494 e. The van der Waals surface area contributed by atoms with E-state index in [2.05, 4.69) is 9.97 Å². The third-order valence-corrected chi connectivity index (χ3v) is 3.98. The Bertz CT molecular complexity index is 667. The highest BCUT2D eigenvalue weighted by Gasteiger charge is 2.18. The van der Waals surface area contributed by atoms with Crippen LogP contribution in [0.2, 0.25) is 0 Å². The Morgan fingerprint density at radius 3 is 3.16 bits per heavy atom. The van der Waals surface area contributed by atoms with Gasteiger partial charge in [0.1, 0.15) is 11.6 Å². The molecule has 1 N–H and O–H groups in total. The Morgan fingerprint density at radius 1 is 1.42 bits per heavy atom. The van der Waals surface area contributed by atoms with Crippen LogP contribution in [-0.4, -0.2) is 16.6 Å². The number of nitrogens with zero attached hydrogens (tertiary/aromatic N) is 1. The number of ether oxygens (including phenoxy) is 1. The fraction of sp³-hybridized carbons (Fsp3) is 0.286. The van der Waals surface area contributed by atoms with Crippen molar-refractivity contribution in [2.45, 2.75) is 18.4 Å². The minimum Gasteiger partial charge on any atom is -0.494 e. The Kier molecular flexibility index (Phi) is 3.29. The molecule has 2 aromatic rings. The number of thioether (sulfide) groups is 1. The van der Waals surface area contributed by atoms with E-state index in [9.17, 15) is 4.79 Å². The van der Waals surface area contributed by atoms with E-state index < -0.39 is 0 Å². The van der Waals surface area contributed by atoms with Gasteiger partial charge in [-0.25, -0.2) is 4.98 Å². The van der Waals surface area contributed by atoms with Crippen LogP contribution in [0.1, 0.15) is 18.2 Å². The van der Waals surface area contributed by atoms with Crippen molar-refractivity contribution in [1.82, 2.24) is 9.97 Å². The van der Waals surface area contributed by atoms with Crippen LogP contribution >= 0.6 is 11.8 Å². The first-order valence-corrected chi connectivity index (χ1v) is 7.36. The number of benzene rings is 1. The van der Waals surface area contributed by atoms with E-state index in [0.29, 0.717) is 12.4 Å². The maximum Gasteiger partial charge on any atom is 0.255 e. The number of H-pyrrole nitrogens is 1. The first-order valence-electron chi connectivity index (χ1n) is 6.21. The molecule has 0 fully saturated rings. The number of fused-ring (bicyclic) bond motifs is 1. The highest BCUT2D eigenvalue weighted by molar-refractivity contribution is 7.98. The fourth-order valence-electron chi connectivity index (χ4n) is 2.10. The zero-order valence-electron chi connectivity index (χ0n) is 10.6. The summed E-state index contributed by atoms with van der Waals surface area (Å²) in [7, 11) is 0. The molecule has 0 spiro atoms. The predicted molar refractivity (Wildman–Crippen MR) is 76.5 cm³/mol. The molecule has 1 aromatic heterocycles. The van der Waals surface area contributed by atoms with E-state index in [4.69, 9.17) is 4.74 Å². The molecule has 0 unspecified atom stereocenters. The SMILES string of the molecule is CCOc1cccc(-c2nc3c(c(=O)[nH]2)CSC3)c1. The van der Waals surface area contributed by atoms with Gasteiger partial charge < -0.3 is 9.72 Å². The standard InChI is InChI=1S/C14H14N2O2S/c1-2-18-10-5-3-4-9(6-10)13-15-12-8-19-7-11(12)14(17)16-13/h3-6H,2,7-8H2,1H3,(H,15,16,17). The molecule has 4 nitrogen and oxygen atoms in total. The van der Waals surface area contributed by atoms with Crippen molar-refractivity contribution in [2.75, 3.05) is 6.61 Å². The smallest absolute Gasteiger partial charge is 0.255 e. The second-order valence-corrected chi connectivity index (χ2v) is 5.28. The summed E-state index contributed by atoms with van der Waals surface area (Å²) >= 11 is 1.73. The molecule has 1 aliphatic rings. The third kappa shape index (κ3) is 2.38. The van der Waals surface area contributed by atoms with Gasteiger partial charge in [0.25, 0.3) is 5.56 Å². The number of hydrogen-bond acceptors (Lipinski definition) is 4. The molecule has 0 atom stereocenters. The molecule has 98 valence electrons. The normalized spacial score (nSPS) is 13.3. The van der Waals surface area contributed by atoms with E-state index in [1.165, 1.54) is 0 Å².